The summed E-state index contributed by atoms with van der Waals surface area (Å²) in [6, 6.07) is 3.66. The second-order valence-corrected chi connectivity index (χ2v) is 8.58. The smallest absolute Gasteiger partial charge is 0.401 e. The van der Waals surface area contributed by atoms with E-state index in [4.69, 9.17) is 4.74 Å². The number of nitrogens with zero attached hydrogens (tertiary/aromatic N) is 3. The maximum atomic E-state index is 12.7. The van der Waals surface area contributed by atoms with Gasteiger partial charge < -0.3 is 14.0 Å². The first-order chi connectivity index (χ1) is 14.0. The SMILES string of the molecule is C=C(c1c(C)c(C(=O)OC(C)C)cc2c(Br)ccn12)N1CCN(CC(F)(F)F)CC1. The number of hydrogen-bond acceptors (Lipinski definition) is 4. The lowest BCUT2D eigenvalue weighted by molar-refractivity contribution is -0.148. The zero-order valence-electron chi connectivity index (χ0n) is 17.2. The van der Waals surface area contributed by atoms with E-state index in [-0.39, 0.29) is 6.10 Å². The van der Waals surface area contributed by atoms with Crippen LogP contribution in [0.3, 0.4) is 0 Å². The molecule has 0 spiro atoms. The van der Waals surface area contributed by atoms with E-state index in [0.29, 0.717) is 37.4 Å². The van der Waals surface area contributed by atoms with Gasteiger partial charge in [0.25, 0.3) is 0 Å². The van der Waals surface area contributed by atoms with Gasteiger partial charge in [-0.1, -0.05) is 6.58 Å². The average Bonchev–Trinajstić information content (AvgIpc) is 3.00. The molecule has 0 bridgehead atoms. The molecule has 9 heteroatoms. The summed E-state index contributed by atoms with van der Waals surface area (Å²) in [6.07, 6.45) is -2.58. The van der Waals surface area contributed by atoms with Crippen molar-refractivity contribution in [2.75, 3.05) is 32.7 Å². The molecule has 0 saturated carbocycles. The van der Waals surface area contributed by atoms with E-state index >= 15 is 0 Å². The average molecular weight is 488 g/mol. The van der Waals surface area contributed by atoms with Crippen molar-refractivity contribution in [1.29, 1.82) is 0 Å². The van der Waals surface area contributed by atoms with Crippen molar-refractivity contribution >= 4 is 33.1 Å². The van der Waals surface area contributed by atoms with E-state index in [1.807, 2.05) is 28.5 Å². The van der Waals surface area contributed by atoms with Crippen LogP contribution in [-0.2, 0) is 4.74 Å². The van der Waals surface area contributed by atoms with Gasteiger partial charge in [-0.15, -0.1) is 0 Å². The summed E-state index contributed by atoms with van der Waals surface area (Å²) in [4.78, 5) is 16.0. The molecule has 30 heavy (non-hydrogen) atoms. The zero-order valence-corrected chi connectivity index (χ0v) is 18.8. The number of aromatic nitrogens is 1. The molecule has 1 aliphatic heterocycles. The highest BCUT2D eigenvalue weighted by Crippen LogP contribution is 2.31. The van der Waals surface area contributed by atoms with Gasteiger partial charge in [0.05, 0.1) is 35.1 Å². The first-order valence-electron chi connectivity index (χ1n) is 9.72. The quantitative estimate of drug-likeness (QED) is 0.571. The number of pyridine rings is 1. The van der Waals surface area contributed by atoms with Crippen LogP contribution in [0.5, 0.6) is 0 Å². The fourth-order valence-corrected chi connectivity index (χ4v) is 4.16. The predicted octanol–water partition coefficient (Wildman–Crippen LogP) is 4.73. The monoisotopic (exact) mass is 487 g/mol. The summed E-state index contributed by atoms with van der Waals surface area (Å²) in [7, 11) is 0. The van der Waals surface area contributed by atoms with Gasteiger partial charge in [0.2, 0.25) is 0 Å². The van der Waals surface area contributed by atoms with E-state index in [1.54, 1.807) is 19.9 Å². The molecule has 0 aliphatic carbocycles. The van der Waals surface area contributed by atoms with Gasteiger partial charge in [-0.05, 0) is 54.4 Å². The fraction of sp³-hybridized carbons (Fsp3) is 0.476. The molecule has 164 valence electrons. The van der Waals surface area contributed by atoms with Gasteiger partial charge in [0.15, 0.2) is 0 Å². The van der Waals surface area contributed by atoms with Crippen LogP contribution in [0.4, 0.5) is 13.2 Å². The second kappa shape index (κ2) is 8.63. The fourth-order valence-electron chi connectivity index (χ4n) is 3.73. The third-order valence-corrected chi connectivity index (χ3v) is 5.82. The van der Waals surface area contributed by atoms with Crippen molar-refractivity contribution in [2.24, 2.45) is 0 Å². The Bertz CT molecular complexity index is 961. The second-order valence-electron chi connectivity index (χ2n) is 7.73. The van der Waals surface area contributed by atoms with E-state index in [2.05, 4.69) is 22.5 Å². The van der Waals surface area contributed by atoms with Gasteiger partial charge in [-0.3, -0.25) is 4.90 Å². The minimum Gasteiger partial charge on any atom is -0.459 e. The van der Waals surface area contributed by atoms with Gasteiger partial charge in [-0.25, -0.2) is 4.79 Å². The lowest BCUT2D eigenvalue weighted by Crippen LogP contribution is -2.48. The first kappa shape index (κ1) is 22.7. The number of piperazine rings is 1. The molecule has 3 heterocycles. The molecule has 1 aliphatic rings. The van der Waals surface area contributed by atoms with E-state index in [0.717, 1.165) is 21.2 Å². The lowest BCUT2D eigenvalue weighted by atomic mass is 10.0. The summed E-state index contributed by atoms with van der Waals surface area (Å²) in [5.74, 6) is -0.415. The third kappa shape index (κ3) is 4.83. The van der Waals surface area contributed by atoms with Crippen molar-refractivity contribution < 1.29 is 22.7 Å². The van der Waals surface area contributed by atoms with Crippen molar-refractivity contribution in [3.63, 3.8) is 0 Å². The highest BCUT2D eigenvalue weighted by atomic mass is 79.9. The molecule has 1 fully saturated rings. The van der Waals surface area contributed by atoms with Crippen molar-refractivity contribution in [1.82, 2.24) is 14.2 Å². The van der Waals surface area contributed by atoms with Gasteiger partial charge >= 0.3 is 12.1 Å². The van der Waals surface area contributed by atoms with E-state index in [1.165, 1.54) is 4.90 Å². The number of halogens is 4. The molecular weight excluding hydrogens is 463 g/mol. The molecule has 2 aromatic rings. The summed E-state index contributed by atoms with van der Waals surface area (Å²) < 4.78 is 46.2. The van der Waals surface area contributed by atoms with Crippen LogP contribution in [0.2, 0.25) is 0 Å². The molecule has 1 saturated heterocycles. The van der Waals surface area contributed by atoms with Crippen LogP contribution in [0.1, 0.15) is 35.5 Å². The van der Waals surface area contributed by atoms with Gasteiger partial charge in [0.1, 0.15) is 0 Å². The first-order valence-corrected chi connectivity index (χ1v) is 10.5. The lowest BCUT2D eigenvalue weighted by Gasteiger charge is -2.37. The predicted molar refractivity (Wildman–Crippen MR) is 113 cm³/mol. The van der Waals surface area contributed by atoms with Crippen LogP contribution < -0.4 is 0 Å². The molecule has 0 aromatic carbocycles. The van der Waals surface area contributed by atoms with Crippen LogP contribution >= 0.6 is 15.9 Å². The molecular formula is C21H25BrF3N3O2. The molecule has 0 radical (unpaired) electrons. The van der Waals surface area contributed by atoms with E-state index < -0.39 is 18.7 Å². The van der Waals surface area contributed by atoms with E-state index in [9.17, 15) is 18.0 Å². The van der Waals surface area contributed by atoms with Crippen LogP contribution in [-0.4, -0.2) is 65.2 Å². The largest absolute Gasteiger partial charge is 0.459 e. The normalized spacial score (nSPS) is 15.8. The molecule has 0 amide bonds. The number of ether oxygens (including phenoxy) is 1. The molecule has 0 atom stereocenters. The number of carbonyl (C=O) groups is 1. The Morgan fingerprint density at radius 3 is 2.47 bits per heavy atom. The van der Waals surface area contributed by atoms with Crippen LogP contribution in [0.25, 0.3) is 11.2 Å². The van der Waals surface area contributed by atoms with Crippen molar-refractivity contribution in [3.05, 3.63) is 46.2 Å². The number of esters is 1. The third-order valence-electron chi connectivity index (χ3n) is 5.15. The Morgan fingerprint density at radius 1 is 1.27 bits per heavy atom. The van der Waals surface area contributed by atoms with Crippen molar-refractivity contribution in [3.8, 4) is 0 Å². The molecule has 2 aromatic heterocycles. The maximum Gasteiger partial charge on any atom is 0.401 e. The highest BCUT2D eigenvalue weighted by Gasteiger charge is 2.33. The van der Waals surface area contributed by atoms with Crippen molar-refractivity contribution in [2.45, 2.75) is 33.1 Å². The molecule has 0 unspecified atom stereocenters. The number of hydrogen-bond donors (Lipinski definition) is 0. The number of alkyl halides is 3. The minimum atomic E-state index is -4.20. The van der Waals surface area contributed by atoms with Gasteiger partial charge in [-0.2, -0.15) is 13.2 Å². The standard InChI is InChI=1S/C21H25BrF3N3O2/c1-13(2)30-20(29)16-11-18-17(22)5-6-28(18)19(14(16)3)15(4)27-9-7-26(8-10-27)12-21(23,24)25/h5-6,11,13H,4,7-10,12H2,1-3H3. The number of rotatable bonds is 5. The Hall–Kier alpha value is -2.00. The number of carbonyl (C=O) groups excluding carboxylic acids is 1. The molecule has 0 N–H and O–H groups in total. The minimum absolute atomic E-state index is 0.253. The van der Waals surface area contributed by atoms with Gasteiger partial charge in [0, 0.05) is 36.8 Å². The highest BCUT2D eigenvalue weighted by molar-refractivity contribution is 9.10. The number of fused-ring (bicyclic) bond motifs is 1. The Morgan fingerprint density at radius 2 is 1.90 bits per heavy atom. The van der Waals surface area contributed by atoms with Crippen LogP contribution in [0.15, 0.2) is 29.4 Å². The summed E-state index contributed by atoms with van der Waals surface area (Å²) in [6.45, 7) is 10.2. The summed E-state index contributed by atoms with van der Waals surface area (Å²) in [5.41, 5.74) is 3.38. The molecule has 3 rings (SSSR count). The topological polar surface area (TPSA) is 37.2 Å². The summed E-state index contributed by atoms with van der Waals surface area (Å²) in [5, 5.41) is 0. The maximum absolute atomic E-state index is 12.7. The zero-order chi connectivity index (χ0) is 22.2. The Balaban J connectivity index is 1.92. The Labute approximate surface area is 182 Å². The summed E-state index contributed by atoms with van der Waals surface area (Å²) >= 11 is 3.51. The van der Waals surface area contributed by atoms with Crippen LogP contribution in [0, 0.1) is 6.92 Å². The Kier molecular flexibility index (Phi) is 6.52. The molecule has 5 nitrogen and oxygen atoms in total.